The van der Waals surface area contributed by atoms with E-state index < -0.39 is 0 Å². The van der Waals surface area contributed by atoms with Gasteiger partial charge in [0, 0.05) is 50.4 Å². The summed E-state index contributed by atoms with van der Waals surface area (Å²) in [4.78, 5) is 29.6. The van der Waals surface area contributed by atoms with Gasteiger partial charge in [-0.05, 0) is 49.3 Å². The predicted octanol–water partition coefficient (Wildman–Crippen LogP) is 3.92. The van der Waals surface area contributed by atoms with E-state index in [1.807, 2.05) is 24.0 Å². The monoisotopic (exact) mass is 532 g/mol. The van der Waals surface area contributed by atoms with Crippen molar-refractivity contribution >= 4 is 17.7 Å². The number of benzene rings is 1. The molecule has 4 heterocycles. The third kappa shape index (κ3) is 5.75. The first-order valence-corrected chi connectivity index (χ1v) is 14.0. The standard InChI is InChI=1S/C29H40N8O2/c1-6-22-18-36(25-19(2)32-24(17-31-25)26-33-34-28(30)39-26)15-16-37(22)23-11-13-35(14-12-23)27(38)20-7-9-21(10-8-20)29(3,4)5/h7-10,17,22-23H,6,11-16,18H2,1-5H3,(H2,30,34). The number of likely N-dealkylation sites (tertiary alicyclic amines) is 1. The lowest BCUT2D eigenvalue weighted by Crippen LogP contribution is -2.58. The van der Waals surface area contributed by atoms with Crippen molar-refractivity contribution in [3.8, 4) is 11.6 Å². The molecule has 2 N–H and O–H groups in total. The van der Waals surface area contributed by atoms with E-state index in [0.29, 0.717) is 17.8 Å². The van der Waals surface area contributed by atoms with E-state index in [9.17, 15) is 4.79 Å². The van der Waals surface area contributed by atoms with Crippen molar-refractivity contribution in [2.24, 2.45) is 0 Å². The number of amides is 1. The highest BCUT2D eigenvalue weighted by Gasteiger charge is 2.35. The second kappa shape index (κ2) is 10.9. The van der Waals surface area contributed by atoms with Crippen molar-refractivity contribution in [2.75, 3.05) is 43.4 Å². The number of nitrogen functional groups attached to an aromatic ring is 1. The van der Waals surface area contributed by atoms with Crippen LogP contribution in [-0.4, -0.2) is 80.7 Å². The average Bonchev–Trinajstić information content (AvgIpc) is 3.38. The molecule has 1 aromatic carbocycles. The van der Waals surface area contributed by atoms with Gasteiger partial charge in [-0.25, -0.2) is 9.97 Å². The Morgan fingerprint density at radius 1 is 1.08 bits per heavy atom. The number of hydrogen-bond acceptors (Lipinski definition) is 9. The first-order valence-electron chi connectivity index (χ1n) is 14.0. The second-order valence-corrected chi connectivity index (χ2v) is 11.7. The summed E-state index contributed by atoms with van der Waals surface area (Å²) in [5.41, 5.74) is 9.02. The number of aromatic nitrogens is 4. The number of hydrogen-bond donors (Lipinski definition) is 1. The number of nitrogens with two attached hydrogens (primary N) is 1. The minimum Gasteiger partial charge on any atom is -0.402 e. The van der Waals surface area contributed by atoms with Gasteiger partial charge in [-0.2, -0.15) is 0 Å². The summed E-state index contributed by atoms with van der Waals surface area (Å²) in [5.74, 6) is 1.31. The lowest BCUT2D eigenvalue weighted by atomic mass is 9.86. The zero-order chi connectivity index (χ0) is 27.7. The van der Waals surface area contributed by atoms with Crippen molar-refractivity contribution in [1.82, 2.24) is 30.0 Å². The fourth-order valence-corrected chi connectivity index (χ4v) is 5.83. The van der Waals surface area contributed by atoms with Crippen LogP contribution in [0.2, 0.25) is 0 Å². The number of piperidine rings is 1. The van der Waals surface area contributed by atoms with Crippen molar-refractivity contribution < 1.29 is 9.21 Å². The summed E-state index contributed by atoms with van der Waals surface area (Å²) in [7, 11) is 0. The van der Waals surface area contributed by atoms with E-state index in [4.69, 9.17) is 15.1 Å². The molecule has 1 amide bonds. The van der Waals surface area contributed by atoms with E-state index in [1.165, 1.54) is 5.56 Å². The van der Waals surface area contributed by atoms with E-state index in [-0.39, 0.29) is 23.2 Å². The summed E-state index contributed by atoms with van der Waals surface area (Å²) < 4.78 is 5.30. The topological polar surface area (TPSA) is 118 Å². The molecular weight excluding hydrogens is 492 g/mol. The molecule has 0 spiro atoms. The van der Waals surface area contributed by atoms with Crippen molar-refractivity contribution in [1.29, 1.82) is 0 Å². The molecular formula is C29H40N8O2. The van der Waals surface area contributed by atoms with Crippen molar-refractivity contribution in [3.05, 3.63) is 47.3 Å². The average molecular weight is 533 g/mol. The smallest absolute Gasteiger partial charge is 0.313 e. The lowest BCUT2D eigenvalue weighted by Gasteiger charge is -2.47. The first-order chi connectivity index (χ1) is 18.6. The normalized spacial score (nSPS) is 19.5. The predicted molar refractivity (Wildman–Crippen MR) is 152 cm³/mol. The van der Waals surface area contributed by atoms with Crippen LogP contribution in [0.5, 0.6) is 0 Å². The number of rotatable bonds is 5. The maximum absolute atomic E-state index is 13.2. The number of aryl methyl sites for hydroxylation is 1. The summed E-state index contributed by atoms with van der Waals surface area (Å²) in [6.45, 7) is 15.1. The SMILES string of the molecule is CCC1CN(c2ncc(-c3nnc(N)o3)nc2C)CCN1C1CCN(C(=O)c2ccc(C(C)(C)C)cc2)CC1. The molecule has 0 aliphatic carbocycles. The van der Waals surface area contributed by atoms with Crippen LogP contribution in [-0.2, 0) is 5.41 Å². The molecule has 1 unspecified atom stereocenters. The molecule has 39 heavy (non-hydrogen) atoms. The van der Waals surface area contributed by atoms with Gasteiger partial charge in [0.2, 0.25) is 0 Å². The molecule has 10 nitrogen and oxygen atoms in total. The fourth-order valence-electron chi connectivity index (χ4n) is 5.83. The second-order valence-electron chi connectivity index (χ2n) is 11.7. The molecule has 2 saturated heterocycles. The maximum atomic E-state index is 13.2. The van der Waals surface area contributed by atoms with Crippen molar-refractivity contribution in [2.45, 2.75) is 71.4 Å². The van der Waals surface area contributed by atoms with Crippen LogP contribution in [0.25, 0.3) is 11.6 Å². The van der Waals surface area contributed by atoms with Crippen LogP contribution < -0.4 is 10.6 Å². The van der Waals surface area contributed by atoms with Gasteiger partial charge >= 0.3 is 6.01 Å². The molecule has 2 aromatic heterocycles. The maximum Gasteiger partial charge on any atom is 0.313 e. The third-order valence-electron chi connectivity index (χ3n) is 8.10. The Morgan fingerprint density at radius 3 is 2.38 bits per heavy atom. The molecule has 0 bridgehead atoms. The summed E-state index contributed by atoms with van der Waals surface area (Å²) in [6, 6.07) is 9.07. The molecule has 1 atom stereocenters. The highest BCUT2D eigenvalue weighted by molar-refractivity contribution is 5.94. The van der Waals surface area contributed by atoms with Gasteiger partial charge in [0.05, 0.1) is 11.9 Å². The molecule has 10 heteroatoms. The Bertz CT molecular complexity index is 1290. The third-order valence-corrected chi connectivity index (χ3v) is 8.10. The van der Waals surface area contributed by atoms with Gasteiger partial charge in [0.15, 0.2) is 0 Å². The summed E-state index contributed by atoms with van der Waals surface area (Å²) in [5, 5.41) is 7.62. The minimum absolute atomic E-state index is 0.0143. The number of piperazine rings is 1. The van der Waals surface area contributed by atoms with E-state index in [0.717, 1.165) is 69.1 Å². The van der Waals surface area contributed by atoms with Crippen LogP contribution in [0.1, 0.15) is 68.6 Å². The van der Waals surface area contributed by atoms with Crippen LogP contribution in [0.15, 0.2) is 34.9 Å². The van der Waals surface area contributed by atoms with Gasteiger partial charge in [0.25, 0.3) is 11.8 Å². The number of carbonyl (C=O) groups excluding carboxylic acids is 1. The molecule has 0 radical (unpaired) electrons. The molecule has 2 fully saturated rings. The highest BCUT2D eigenvalue weighted by Crippen LogP contribution is 2.28. The first kappa shape index (κ1) is 27.1. The molecule has 2 aliphatic rings. The van der Waals surface area contributed by atoms with Crippen LogP contribution in [0, 0.1) is 6.92 Å². The van der Waals surface area contributed by atoms with Crippen LogP contribution >= 0.6 is 0 Å². The largest absolute Gasteiger partial charge is 0.402 e. The van der Waals surface area contributed by atoms with E-state index in [2.05, 4.69) is 64.8 Å². The Labute approximate surface area is 230 Å². The Hall–Kier alpha value is -3.53. The van der Waals surface area contributed by atoms with Gasteiger partial charge in [-0.3, -0.25) is 9.69 Å². The molecule has 2 aliphatic heterocycles. The number of nitrogens with zero attached hydrogens (tertiary/aromatic N) is 7. The van der Waals surface area contributed by atoms with Crippen LogP contribution in [0.3, 0.4) is 0 Å². The lowest BCUT2D eigenvalue weighted by molar-refractivity contribution is 0.0490. The Kier molecular flexibility index (Phi) is 7.57. The summed E-state index contributed by atoms with van der Waals surface area (Å²) >= 11 is 0. The molecule has 3 aromatic rings. The van der Waals surface area contributed by atoms with Gasteiger partial charge in [-0.15, -0.1) is 5.10 Å². The van der Waals surface area contributed by atoms with E-state index >= 15 is 0 Å². The zero-order valence-corrected chi connectivity index (χ0v) is 23.7. The van der Waals surface area contributed by atoms with Crippen LogP contribution in [0.4, 0.5) is 11.8 Å². The molecule has 5 rings (SSSR count). The van der Waals surface area contributed by atoms with E-state index in [1.54, 1.807) is 6.20 Å². The van der Waals surface area contributed by atoms with Crippen molar-refractivity contribution in [3.63, 3.8) is 0 Å². The highest BCUT2D eigenvalue weighted by atomic mass is 16.4. The van der Waals surface area contributed by atoms with Gasteiger partial charge in [0.1, 0.15) is 11.5 Å². The van der Waals surface area contributed by atoms with Gasteiger partial charge in [-0.1, -0.05) is 44.9 Å². The fraction of sp³-hybridized carbons (Fsp3) is 0.552. The number of carbonyl (C=O) groups is 1. The Balaban J connectivity index is 1.18. The minimum atomic E-state index is 0.0143. The van der Waals surface area contributed by atoms with Gasteiger partial charge < -0.3 is 20.0 Å². The molecule has 0 saturated carbocycles. The number of anilines is 2. The summed E-state index contributed by atoms with van der Waals surface area (Å²) in [6.07, 6.45) is 4.74. The quantitative estimate of drug-likeness (QED) is 0.522. The zero-order valence-electron chi connectivity index (χ0n) is 23.7. The Morgan fingerprint density at radius 2 is 1.79 bits per heavy atom. The molecule has 208 valence electrons.